The van der Waals surface area contributed by atoms with Gasteiger partial charge in [-0.15, -0.1) is 0 Å². The lowest BCUT2D eigenvalue weighted by atomic mass is 10.0. The Hall–Kier alpha value is -6.59. The maximum absolute atomic E-state index is 13.3. The molecule has 0 aliphatic carbocycles. The van der Waals surface area contributed by atoms with Gasteiger partial charge in [-0.25, -0.2) is 4.79 Å². The van der Waals surface area contributed by atoms with Crippen molar-refractivity contribution in [3.8, 4) is 0 Å². The molecule has 0 saturated heterocycles. The number of carbonyl (C=O) groups excluding carboxylic acids is 8. The van der Waals surface area contributed by atoms with Crippen LogP contribution in [0.25, 0.3) is 0 Å². The third kappa shape index (κ3) is 16.2. The van der Waals surface area contributed by atoms with Crippen molar-refractivity contribution in [3.05, 3.63) is 83.9 Å². The van der Waals surface area contributed by atoms with E-state index in [0.29, 0.717) is 11.1 Å². The second kappa shape index (κ2) is 22.6. The van der Waals surface area contributed by atoms with Crippen LogP contribution in [0.2, 0.25) is 0 Å². The molecular weight excluding hydrogens is 728 g/mol. The lowest BCUT2D eigenvalue weighted by Crippen LogP contribution is -2.58. The minimum absolute atomic E-state index is 0.0247. The number of hydrogen-bond donors (Lipinski definition) is 9. The molecule has 18 heteroatoms. The zero-order valence-electron chi connectivity index (χ0n) is 31.8. The van der Waals surface area contributed by atoms with Crippen LogP contribution in [0.15, 0.2) is 72.8 Å². The van der Waals surface area contributed by atoms with Crippen LogP contribution < -0.4 is 43.0 Å². The van der Waals surface area contributed by atoms with E-state index >= 15 is 0 Å². The van der Waals surface area contributed by atoms with Gasteiger partial charge in [0.1, 0.15) is 36.3 Å². The van der Waals surface area contributed by atoms with Gasteiger partial charge in [-0.05, 0) is 37.8 Å². The van der Waals surface area contributed by atoms with E-state index in [4.69, 9.17) is 5.73 Å². The van der Waals surface area contributed by atoms with Crippen LogP contribution >= 0.6 is 0 Å². The van der Waals surface area contributed by atoms with Gasteiger partial charge < -0.3 is 48.1 Å². The summed E-state index contributed by atoms with van der Waals surface area (Å²) in [6.07, 6.45) is 1.69. The second-order valence-corrected chi connectivity index (χ2v) is 13.3. The van der Waals surface area contributed by atoms with E-state index in [-0.39, 0.29) is 18.8 Å². The van der Waals surface area contributed by atoms with Gasteiger partial charge in [0.25, 0.3) is 0 Å². The molecule has 0 spiro atoms. The summed E-state index contributed by atoms with van der Waals surface area (Å²) in [6, 6.07) is 10.5. The molecular formula is C38H50N8O10. The maximum Gasteiger partial charge on any atom is 0.326 e. The molecule has 0 radical (unpaired) electrons. The zero-order valence-corrected chi connectivity index (χ0v) is 31.8. The highest BCUT2D eigenvalue weighted by Crippen LogP contribution is 2.06. The first-order valence-corrected chi connectivity index (χ1v) is 17.7. The van der Waals surface area contributed by atoms with Crippen molar-refractivity contribution >= 4 is 53.2 Å². The number of aliphatic carboxylic acids is 1. The summed E-state index contributed by atoms with van der Waals surface area (Å²) < 4.78 is 0. The molecule has 0 heterocycles. The number of primary amides is 1. The molecule has 302 valence electrons. The van der Waals surface area contributed by atoms with Crippen LogP contribution in [0, 0.1) is 5.92 Å². The Bertz CT molecular complexity index is 1750. The summed E-state index contributed by atoms with van der Waals surface area (Å²) in [5.41, 5.74) is 6.74. The van der Waals surface area contributed by atoms with Crippen molar-refractivity contribution in [1.82, 2.24) is 37.2 Å². The van der Waals surface area contributed by atoms with Crippen LogP contribution in [-0.2, 0) is 56.0 Å². The van der Waals surface area contributed by atoms with Crippen LogP contribution in [-0.4, -0.2) is 101 Å². The molecule has 0 unspecified atom stereocenters. The molecule has 56 heavy (non-hydrogen) atoms. The molecule has 2 aromatic carbocycles. The second-order valence-electron chi connectivity index (χ2n) is 13.3. The lowest BCUT2D eigenvalue weighted by Gasteiger charge is -2.25. The third-order valence-electron chi connectivity index (χ3n) is 8.17. The Kier molecular flexibility index (Phi) is 18.4. The van der Waals surface area contributed by atoms with Gasteiger partial charge in [0.15, 0.2) is 0 Å². The number of hydrogen-bond acceptors (Lipinski definition) is 9. The number of carbonyl (C=O) groups is 9. The first kappa shape index (κ1) is 45.6. The Labute approximate surface area is 324 Å². The third-order valence-corrected chi connectivity index (χ3v) is 8.17. The number of carboxylic acid groups (broad SMARTS) is 1. The number of benzene rings is 2. The van der Waals surface area contributed by atoms with Gasteiger partial charge >= 0.3 is 5.97 Å². The minimum Gasteiger partial charge on any atom is -0.480 e. The highest BCUT2D eigenvalue weighted by Gasteiger charge is 2.29. The first-order valence-electron chi connectivity index (χ1n) is 17.7. The van der Waals surface area contributed by atoms with Gasteiger partial charge in [-0.1, -0.05) is 74.5 Å². The predicted octanol–water partition coefficient (Wildman–Crippen LogP) is -1.66. The van der Waals surface area contributed by atoms with Crippen molar-refractivity contribution in [1.29, 1.82) is 0 Å². The molecule has 10 N–H and O–H groups in total. The summed E-state index contributed by atoms with van der Waals surface area (Å²) in [5.74, 6) is -7.68. The van der Waals surface area contributed by atoms with Crippen molar-refractivity contribution in [3.63, 3.8) is 0 Å². The van der Waals surface area contributed by atoms with E-state index in [1.807, 2.05) is 0 Å². The maximum atomic E-state index is 13.3. The fourth-order valence-corrected chi connectivity index (χ4v) is 5.00. The predicted molar refractivity (Wildman–Crippen MR) is 203 cm³/mol. The molecule has 0 fully saturated rings. The largest absolute Gasteiger partial charge is 0.480 e. The summed E-state index contributed by atoms with van der Waals surface area (Å²) in [4.78, 5) is 112. The van der Waals surface area contributed by atoms with Gasteiger partial charge in [0, 0.05) is 25.0 Å². The summed E-state index contributed by atoms with van der Waals surface area (Å²) in [5, 5.41) is 26.4. The number of nitrogens with one attached hydrogen (secondary N) is 7. The number of nitrogens with two attached hydrogens (primary N) is 1. The van der Waals surface area contributed by atoms with E-state index in [0.717, 1.165) is 12.2 Å². The zero-order chi connectivity index (χ0) is 41.9. The van der Waals surface area contributed by atoms with E-state index in [2.05, 4.69) is 37.2 Å². The van der Waals surface area contributed by atoms with E-state index in [9.17, 15) is 48.3 Å². The summed E-state index contributed by atoms with van der Waals surface area (Å²) in [6.45, 7) is 6.89. The van der Waals surface area contributed by atoms with Gasteiger partial charge in [-0.3, -0.25) is 38.4 Å². The van der Waals surface area contributed by atoms with Crippen molar-refractivity contribution in [2.45, 2.75) is 83.7 Å². The average molecular weight is 779 g/mol. The summed E-state index contributed by atoms with van der Waals surface area (Å²) in [7, 11) is 0. The highest BCUT2D eigenvalue weighted by molar-refractivity contribution is 6.00. The Balaban J connectivity index is 1.91. The van der Waals surface area contributed by atoms with Crippen LogP contribution in [0.5, 0.6) is 0 Å². The monoisotopic (exact) mass is 778 g/mol. The Morgan fingerprint density at radius 2 is 1.02 bits per heavy atom. The minimum atomic E-state index is -1.26. The van der Waals surface area contributed by atoms with Gasteiger partial charge in [0.2, 0.25) is 47.3 Å². The van der Waals surface area contributed by atoms with E-state index in [1.54, 1.807) is 74.5 Å². The topological polar surface area (TPSA) is 284 Å². The molecule has 18 nitrogen and oxygen atoms in total. The molecule has 0 saturated carbocycles. The van der Waals surface area contributed by atoms with Crippen LogP contribution in [0.1, 0.15) is 45.7 Å². The van der Waals surface area contributed by atoms with Crippen LogP contribution in [0.4, 0.5) is 0 Å². The SMILES string of the molecule is CC(C)[C@H](NC(=O)[C@H](C)NC(=O)[C@H](Cc1ccccc1)NC(=O)[C@H](C)NC(=O)/C=C/C(=O)N[C@@H](C)C(=O)NCC(=O)N[C@@H](Cc1ccccc1)C(=O)O)C(N)=O. The molecule has 0 aliphatic rings. The van der Waals surface area contributed by atoms with Gasteiger partial charge in [0.05, 0.1) is 6.54 Å². The van der Waals surface area contributed by atoms with Gasteiger partial charge in [-0.2, -0.15) is 0 Å². The van der Waals surface area contributed by atoms with Crippen molar-refractivity contribution in [2.24, 2.45) is 11.7 Å². The van der Waals surface area contributed by atoms with E-state index < -0.39 is 96.0 Å². The summed E-state index contributed by atoms with van der Waals surface area (Å²) >= 11 is 0. The molecule has 0 aromatic heterocycles. The Morgan fingerprint density at radius 3 is 1.48 bits per heavy atom. The van der Waals surface area contributed by atoms with E-state index in [1.165, 1.54) is 20.8 Å². The smallest absolute Gasteiger partial charge is 0.326 e. The number of amides is 8. The number of carboxylic acids is 1. The molecule has 8 amide bonds. The first-order chi connectivity index (χ1) is 26.4. The molecule has 2 aromatic rings. The molecule has 2 rings (SSSR count). The molecule has 0 aliphatic heterocycles. The van der Waals surface area contributed by atoms with Crippen molar-refractivity contribution in [2.75, 3.05) is 6.54 Å². The molecule has 6 atom stereocenters. The average Bonchev–Trinajstić information content (AvgIpc) is 3.14. The van der Waals surface area contributed by atoms with Crippen molar-refractivity contribution < 1.29 is 48.3 Å². The standard InChI is InChI=1S/C38H50N8O10/c1-21(2)32(33(39)50)46-36(53)24(5)43-37(54)27(18-25-12-8-6-9-13-25)45-35(52)23(4)42-30(48)17-16-29(47)41-22(3)34(51)40-20-31(49)44-28(38(55)56)19-26-14-10-7-11-15-26/h6-17,21-24,27-28,32H,18-20H2,1-5H3,(H2,39,50)(H,40,51)(H,41,47)(H,42,48)(H,43,54)(H,44,49)(H,45,52)(H,46,53)(H,55,56)/b17-16+/t22-,23-,24-,27-,28-,32-/m0/s1. The fraction of sp³-hybridized carbons (Fsp3) is 0.395. The number of rotatable bonds is 21. The normalized spacial score (nSPS) is 14.1. The lowest BCUT2D eigenvalue weighted by molar-refractivity contribution is -0.141. The van der Waals surface area contributed by atoms with Crippen LogP contribution in [0.3, 0.4) is 0 Å². The Morgan fingerprint density at radius 1 is 0.571 bits per heavy atom. The fourth-order valence-electron chi connectivity index (χ4n) is 5.00. The quantitative estimate of drug-likeness (QED) is 0.0651. The highest BCUT2D eigenvalue weighted by atomic mass is 16.4. The molecule has 0 bridgehead atoms.